The second-order valence-electron chi connectivity index (χ2n) is 4.79. The van der Waals surface area contributed by atoms with E-state index in [1.807, 2.05) is 24.3 Å². The van der Waals surface area contributed by atoms with Crippen molar-refractivity contribution in [2.24, 2.45) is 0 Å². The number of carbonyl (C=O) groups excluding carboxylic acids is 1. The van der Waals surface area contributed by atoms with E-state index in [1.165, 1.54) is 6.07 Å². The highest BCUT2D eigenvalue weighted by Gasteiger charge is 2.30. The van der Waals surface area contributed by atoms with Gasteiger partial charge in [-0.2, -0.15) is 0 Å². The number of fused-ring (bicyclic) bond motifs is 1. The Labute approximate surface area is 135 Å². The molecule has 1 aliphatic rings. The van der Waals surface area contributed by atoms with Crippen LogP contribution in [-0.2, 0) is 11.2 Å². The summed E-state index contributed by atoms with van der Waals surface area (Å²) in [5, 5.41) is -0.0926. The molecule has 0 saturated heterocycles. The Morgan fingerprint density at radius 2 is 2.05 bits per heavy atom. The number of halogens is 3. The Morgan fingerprint density at radius 1 is 1.29 bits per heavy atom. The molecule has 5 heteroatoms. The summed E-state index contributed by atoms with van der Waals surface area (Å²) in [7, 11) is 0. The van der Waals surface area contributed by atoms with Gasteiger partial charge in [0.15, 0.2) is 11.6 Å². The molecule has 2 aromatic carbocycles. The average molecular weight is 370 g/mol. The van der Waals surface area contributed by atoms with E-state index in [0.717, 1.165) is 17.5 Å². The highest BCUT2D eigenvalue weighted by Crippen LogP contribution is 2.33. The summed E-state index contributed by atoms with van der Waals surface area (Å²) in [5.74, 6) is -1.13. The quantitative estimate of drug-likeness (QED) is 0.564. The van der Waals surface area contributed by atoms with Crippen molar-refractivity contribution in [2.75, 3.05) is 6.61 Å². The fourth-order valence-corrected chi connectivity index (χ4v) is 2.94. The molecule has 0 spiro atoms. The number of ketones is 1. The zero-order valence-corrected chi connectivity index (χ0v) is 13.2. The highest BCUT2D eigenvalue weighted by molar-refractivity contribution is 9.10. The van der Waals surface area contributed by atoms with Gasteiger partial charge in [-0.1, -0.05) is 35.9 Å². The molecule has 1 unspecified atom stereocenters. The highest BCUT2D eigenvalue weighted by atomic mass is 79.9. The number of hydrogen-bond acceptors (Lipinski definition) is 2. The van der Waals surface area contributed by atoms with Crippen molar-refractivity contribution in [1.82, 2.24) is 0 Å². The molecule has 0 N–H and O–H groups in total. The second kappa shape index (κ2) is 5.87. The SMILES string of the molecule is O=C(c1ccc(Br)c(Cl)c1F)C1OCCc2ccccc21. The maximum Gasteiger partial charge on any atom is 0.199 e. The van der Waals surface area contributed by atoms with E-state index in [4.69, 9.17) is 16.3 Å². The summed E-state index contributed by atoms with van der Waals surface area (Å²) in [6, 6.07) is 10.6. The molecule has 2 nitrogen and oxygen atoms in total. The first-order chi connectivity index (χ1) is 10.1. The topological polar surface area (TPSA) is 26.3 Å². The second-order valence-corrected chi connectivity index (χ2v) is 6.02. The molecule has 0 radical (unpaired) electrons. The van der Waals surface area contributed by atoms with Crippen LogP contribution in [0.5, 0.6) is 0 Å². The smallest absolute Gasteiger partial charge is 0.199 e. The molecule has 1 heterocycles. The minimum Gasteiger partial charge on any atom is -0.365 e. The third-order valence-corrected chi connectivity index (χ3v) is 4.79. The van der Waals surface area contributed by atoms with Crippen LogP contribution in [0.3, 0.4) is 0 Å². The maximum atomic E-state index is 14.2. The molecular weight excluding hydrogens is 359 g/mol. The van der Waals surface area contributed by atoms with E-state index in [2.05, 4.69) is 15.9 Å². The van der Waals surface area contributed by atoms with Gasteiger partial charge in [-0.15, -0.1) is 0 Å². The van der Waals surface area contributed by atoms with Gasteiger partial charge in [0.05, 0.1) is 17.2 Å². The van der Waals surface area contributed by atoms with Crippen molar-refractivity contribution in [3.05, 3.63) is 68.4 Å². The summed E-state index contributed by atoms with van der Waals surface area (Å²) in [6.07, 6.45) is -0.0227. The number of ether oxygens (including phenoxy) is 1. The lowest BCUT2D eigenvalue weighted by molar-refractivity contribution is 0.0345. The van der Waals surface area contributed by atoms with Crippen LogP contribution < -0.4 is 0 Å². The average Bonchev–Trinajstić information content (AvgIpc) is 2.51. The minimum atomic E-state index is -0.776. The fourth-order valence-electron chi connectivity index (χ4n) is 2.47. The lowest BCUT2D eigenvalue weighted by Gasteiger charge is -2.25. The summed E-state index contributed by atoms with van der Waals surface area (Å²) >= 11 is 8.99. The summed E-state index contributed by atoms with van der Waals surface area (Å²) in [4.78, 5) is 12.6. The third kappa shape index (κ3) is 2.63. The number of hydrogen-bond donors (Lipinski definition) is 0. The van der Waals surface area contributed by atoms with E-state index < -0.39 is 17.7 Å². The first kappa shape index (κ1) is 14.7. The fraction of sp³-hybridized carbons (Fsp3) is 0.188. The van der Waals surface area contributed by atoms with Crippen LogP contribution in [0, 0.1) is 5.82 Å². The van der Waals surface area contributed by atoms with Crippen LogP contribution in [0.2, 0.25) is 5.02 Å². The van der Waals surface area contributed by atoms with Crippen LogP contribution in [0.1, 0.15) is 27.6 Å². The molecule has 21 heavy (non-hydrogen) atoms. The molecule has 0 aliphatic carbocycles. The normalized spacial score (nSPS) is 17.4. The van der Waals surface area contributed by atoms with E-state index in [-0.39, 0.29) is 10.6 Å². The van der Waals surface area contributed by atoms with Crippen molar-refractivity contribution in [2.45, 2.75) is 12.5 Å². The molecular formula is C16H11BrClFO2. The maximum absolute atomic E-state index is 14.2. The molecule has 3 rings (SSSR count). The predicted molar refractivity (Wildman–Crippen MR) is 82.3 cm³/mol. The molecule has 0 aromatic heterocycles. The first-order valence-electron chi connectivity index (χ1n) is 6.46. The molecule has 2 aromatic rings. The van der Waals surface area contributed by atoms with Crippen molar-refractivity contribution < 1.29 is 13.9 Å². The van der Waals surface area contributed by atoms with Gasteiger partial charge in [0.1, 0.15) is 6.10 Å². The zero-order chi connectivity index (χ0) is 15.0. The van der Waals surface area contributed by atoms with Gasteiger partial charge in [0, 0.05) is 4.47 Å². The molecule has 0 saturated carbocycles. The molecule has 1 aliphatic heterocycles. The van der Waals surface area contributed by atoms with Crippen molar-refractivity contribution in [3.63, 3.8) is 0 Å². The van der Waals surface area contributed by atoms with Gasteiger partial charge in [-0.05, 0) is 45.6 Å². The van der Waals surface area contributed by atoms with E-state index in [9.17, 15) is 9.18 Å². The van der Waals surface area contributed by atoms with Gasteiger partial charge < -0.3 is 4.74 Å². The number of carbonyl (C=O) groups is 1. The van der Waals surface area contributed by atoms with Gasteiger partial charge in [-0.3, -0.25) is 4.79 Å². The van der Waals surface area contributed by atoms with Crippen molar-refractivity contribution >= 4 is 33.3 Å². The van der Waals surface area contributed by atoms with E-state index in [0.29, 0.717) is 11.1 Å². The molecule has 0 fully saturated rings. The number of rotatable bonds is 2. The van der Waals surface area contributed by atoms with Gasteiger partial charge in [0.25, 0.3) is 0 Å². The van der Waals surface area contributed by atoms with Crippen LogP contribution in [0.15, 0.2) is 40.9 Å². The Kier molecular flexibility index (Phi) is 4.11. The van der Waals surface area contributed by atoms with E-state index >= 15 is 0 Å². The predicted octanol–water partition coefficient (Wildman–Crippen LogP) is 4.74. The summed E-state index contributed by atoms with van der Waals surface area (Å²) in [6.45, 7) is 0.444. The minimum absolute atomic E-state index is 0.0510. The molecule has 108 valence electrons. The number of benzene rings is 2. The third-order valence-electron chi connectivity index (χ3n) is 3.53. The summed E-state index contributed by atoms with van der Waals surface area (Å²) < 4.78 is 20.2. The molecule has 0 bridgehead atoms. The first-order valence-corrected chi connectivity index (χ1v) is 7.64. The summed E-state index contributed by atoms with van der Waals surface area (Å²) in [5.41, 5.74) is 1.81. The molecule has 0 amide bonds. The largest absolute Gasteiger partial charge is 0.365 e. The lowest BCUT2D eigenvalue weighted by Crippen LogP contribution is -2.24. The lowest BCUT2D eigenvalue weighted by atomic mass is 9.92. The Morgan fingerprint density at radius 3 is 2.86 bits per heavy atom. The van der Waals surface area contributed by atoms with Crippen molar-refractivity contribution in [1.29, 1.82) is 0 Å². The van der Waals surface area contributed by atoms with Gasteiger partial charge in [-0.25, -0.2) is 4.39 Å². The number of Topliss-reactive ketones (excluding diaryl/α,β-unsaturated/α-hetero) is 1. The van der Waals surface area contributed by atoms with Crippen LogP contribution in [-0.4, -0.2) is 12.4 Å². The Hall–Kier alpha value is -1.23. The van der Waals surface area contributed by atoms with Crippen LogP contribution >= 0.6 is 27.5 Å². The van der Waals surface area contributed by atoms with Crippen molar-refractivity contribution in [3.8, 4) is 0 Å². The van der Waals surface area contributed by atoms with Gasteiger partial charge >= 0.3 is 0 Å². The van der Waals surface area contributed by atoms with Crippen LogP contribution in [0.25, 0.3) is 0 Å². The van der Waals surface area contributed by atoms with Crippen LogP contribution in [0.4, 0.5) is 4.39 Å². The Balaban J connectivity index is 2.03. The monoisotopic (exact) mass is 368 g/mol. The Bertz CT molecular complexity index is 717. The zero-order valence-electron chi connectivity index (χ0n) is 10.9. The van der Waals surface area contributed by atoms with Gasteiger partial charge in [0.2, 0.25) is 0 Å². The molecule has 1 atom stereocenters. The standard InChI is InChI=1S/C16H11BrClFO2/c17-12-6-5-11(14(19)13(12)18)15(20)16-10-4-2-1-3-9(10)7-8-21-16/h1-6,16H,7-8H2. The van der Waals surface area contributed by atoms with E-state index in [1.54, 1.807) is 6.07 Å².